The molecule has 3 N–H and O–H groups in total. The number of hydrogen-bond donors (Lipinski definition) is 3. The van der Waals surface area contributed by atoms with Gasteiger partial charge < -0.3 is 9.97 Å². The van der Waals surface area contributed by atoms with Crippen molar-refractivity contribution in [2.45, 2.75) is 4.90 Å². The van der Waals surface area contributed by atoms with E-state index in [0.717, 1.165) is 0 Å². The predicted molar refractivity (Wildman–Crippen MR) is 106 cm³/mol. The lowest BCUT2D eigenvalue weighted by atomic mass is 10.0. The maximum absolute atomic E-state index is 13.9. The second-order valence-electron chi connectivity index (χ2n) is 6.15. The zero-order chi connectivity index (χ0) is 19.3. The number of halogens is 1. The summed E-state index contributed by atoms with van der Waals surface area (Å²) in [6, 6.07) is 9.25. The summed E-state index contributed by atoms with van der Waals surface area (Å²) in [5.74, 6) is -0.156. The Hall–Kier alpha value is -3.59. The highest BCUT2D eigenvalue weighted by molar-refractivity contribution is 7.86. The Bertz CT molecular complexity index is 1450. The molecule has 5 aromatic rings. The fourth-order valence-corrected chi connectivity index (χ4v) is 4.06. The molecule has 0 saturated heterocycles. The Morgan fingerprint density at radius 3 is 2.68 bits per heavy atom. The number of imidazole rings is 1. The van der Waals surface area contributed by atoms with E-state index in [1.165, 1.54) is 18.3 Å². The fourth-order valence-electron chi connectivity index (χ4n) is 3.30. The number of aromatic amines is 2. The van der Waals surface area contributed by atoms with Crippen LogP contribution >= 0.6 is 0 Å². The molecular weight excluding hydrogens is 381 g/mol. The Morgan fingerprint density at radius 2 is 1.86 bits per heavy atom. The van der Waals surface area contributed by atoms with E-state index in [0.29, 0.717) is 37.5 Å². The molecule has 3 aromatic heterocycles. The normalized spacial score (nSPS) is 12.6. The molecule has 9 heteroatoms. The van der Waals surface area contributed by atoms with E-state index in [9.17, 15) is 13.4 Å². The SMILES string of the molecule is O=c1[nH]ccc2c3nc(NS(=O)c4ccncc4)[nH]c3c3ccc(F)cc3c12. The molecule has 0 radical (unpaired) electrons. The van der Waals surface area contributed by atoms with Crippen LogP contribution in [0.1, 0.15) is 0 Å². The number of aromatic nitrogens is 4. The van der Waals surface area contributed by atoms with Gasteiger partial charge in [0.2, 0.25) is 5.95 Å². The molecule has 0 fully saturated rings. The van der Waals surface area contributed by atoms with Gasteiger partial charge in [-0.25, -0.2) is 13.6 Å². The predicted octanol–water partition coefficient (Wildman–Crippen LogP) is 3.23. The largest absolute Gasteiger partial charge is 0.329 e. The maximum Gasteiger partial charge on any atom is 0.256 e. The van der Waals surface area contributed by atoms with Crippen LogP contribution < -0.4 is 10.3 Å². The highest BCUT2D eigenvalue weighted by atomic mass is 32.2. The molecule has 138 valence electrons. The fraction of sp³-hybridized carbons (Fsp3) is 0. The molecule has 0 aliphatic rings. The lowest BCUT2D eigenvalue weighted by Gasteiger charge is -2.05. The number of fused-ring (bicyclic) bond motifs is 6. The molecule has 3 heterocycles. The molecule has 5 rings (SSSR count). The molecule has 1 unspecified atom stereocenters. The summed E-state index contributed by atoms with van der Waals surface area (Å²) in [6.07, 6.45) is 4.62. The minimum Gasteiger partial charge on any atom is -0.329 e. The third-order valence-electron chi connectivity index (χ3n) is 4.49. The van der Waals surface area contributed by atoms with Crippen LogP contribution in [0.4, 0.5) is 10.3 Å². The number of nitrogens with one attached hydrogen (secondary N) is 3. The van der Waals surface area contributed by atoms with E-state index in [1.807, 2.05) is 0 Å². The number of hydrogen-bond acceptors (Lipinski definition) is 4. The van der Waals surface area contributed by atoms with Gasteiger partial charge in [0.05, 0.1) is 21.3 Å². The zero-order valence-electron chi connectivity index (χ0n) is 14.2. The second-order valence-corrected chi connectivity index (χ2v) is 7.36. The van der Waals surface area contributed by atoms with Crippen molar-refractivity contribution in [2.75, 3.05) is 4.72 Å². The Balaban J connectivity index is 1.76. The van der Waals surface area contributed by atoms with Gasteiger partial charge in [-0.05, 0) is 36.4 Å². The van der Waals surface area contributed by atoms with E-state index >= 15 is 0 Å². The van der Waals surface area contributed by atoms with Gasteiger partial charge in [0.25, 0.3) is 5.56 Å². The van der Waals surface area contributed by atoms with Crippen molar-refractivity contribution < 1.29 is 8.60 Å². The molecule has 2 aromatic carbocycles. The topological polar surface area (TPSA) is 104 Å². The molecule has 0 spiro atoms. The second kappa shape index (κ2) is 6.24. The zero-order valence-corrected chi connectivity index (χ0v) is 15.0. The van der Waals surface area contributed by atoms with Crippen molar-refractivity contribution in [3.63, 3.8) is 0 Å². The van der Waals surface area contributed by atoms with E-state index in [2.05, 4.69) is 24.7 Å². The van der Waals surface area contributed by atoms with Crippen molar-refractivity contribution in [1.29, 1.82) is 0 Å². The van der Waals surface area contributed by atoms with Crippen molar-refractivity contribution in [2.24, 2.45) is 0 Å². The number of pyridine rings is 2. The van der Waals surface area contributed by atoms with Gasteiger partial charge in [0, 0.05) is 34.7 Å². The van der Waals surface area contributed by atoms with Crippen LogP contribution in [0, 0.1) is 5.82 Å². The first-order valence-electron chi connectivity index (χ1n) is 8.32. The number of rotatable bonds is 3. The summed E-state index contributed by atoms with van der Waals surface area (Å²) in [7, 11) is -1.55. The quantitative estimate of drug-likeness (QED) is 0.410. The summed E-state index contributed by atoms with van der Waals surface area (Å²) in [5, 5.41) is 2.07. The van der Waals surface area contributed by atoms with Crippen LogP contribution in [-0.4, -0.2) is 24.1 Å². The van der Waals surface area contributed by atoms with Crippen LogP contribution in [0.15, 0.2) is 64.7 Å². The van der Waals surface area contributed by atoms with E-state index in [-0.39, 0.29) is 11.5 Å². The standard InChI is InChI=1S/C19H12FN5O2S/c20-10-1-2-12-14(9-10)15-13(5-8-22-18(15)26)17-16(12)23-19(24-17)25-28(27)11-3-6-21-7-4-11/h1-9H,(H,22,26)(H2,23,24,25). The molecule has 7 nitrogen and oxygen atoms in total. The van der Waals surface area contributed by atoms with Gasteiger partial charge >= 0.3 is 0 Å². The highest BCUT2D eigenvalue weighted by Gasteiger charge is 2.16. The molecule has 0 saturated carbocycles. The van der Waals surface area contributed by atoms with Crippen molar-refractivity contribution in [3.8, 4) is 0 Å². The smallest absolute Gasteiger partial charge is 0.256 e. The monoisotopic (exact) mass is 393 g/mol. The Kier molecular flexibility index (Phi) is 3.69. The van der Waals surface area contributed by atoms with E-state index in [1.54, 1.807) is 36.7 Å². The van der Waals surface area contributed by atoms with Crippen molar-refractivity contribution >= 4 is 49.5 Å². The summed E-state index contributed by atoms with van der Waals surface area (Å²) < 4.78 is 29.2. The Labute approximate surface area is 159 Å². The van der Waals surface area contributed by atoms with Gasteiger partial charge in [-0.1, -0.05) is 0 Å². The Morgan fingerprint density at radius 1 is 1.04 bits per heavy atom. The maximum atomic E-state index is 13.9. The minimum absolute atomic E-state index is 0.281. The molecule has 0 aliphatic carbocycles. The first-order chi connectivity index (χ1) is 13.6. The summed E-state index contributed by atoms with van der Waals surface area (Å²) in [6.45, 7) is 0. The molecule has 0 aliphatic heterocycles. The van der Waals surface area contributed by atoms with Gasteiger partial charge in [-0.15, -0.1) is 0 Å². The van der Waals surface area contributed by atoms with Crippen LogP contribution in [0.3, 0.4) is 0 Å². The van der Waals surface area contributed by atoms with Crippen LogP contribution in [-0.2, 0) is 11.0 Å². The molecule has 0 amide bonds. The first-order valence-corrected chi connectivity index (χ1v) is 9.47. The average Bonchev–Trinajstić information content (AvgIpc) is 3.12. The van der Waals surface area contributed by atoms with Gasteiger partial charge in [-0.3, -0.25) is 14.5 Å². The average molecular weight is 393 g/mol. The number of anilines is 1. The lowest BCUT2D eigenvalue weighted by Crippen LogP contribution is -2.06. The van der Waals surface area contributed by atoms with E-state index < -0.39 is 16.8 Å². The summed E-state index contributed by atoms with van der Waals surface area (Å²) >= 11 is 0. The molecule has 0 bridgehead atoms. The summed E-state index contributed by atoms with van der Waals surface area (Å²) in [4.78, 5) is 27.1. The number of H-pyrrole nitrogens is 2. The van der Waals surface area contributed by atoms with Crippen LogP contribution in [0.2, 0.25) is 0 Å². The molecule has 28 heavy (non-hydrogen) atoms. The van der Waals surface area contributed by atoms with Crippen molar-refractivity contribution in [3.05, 3.63) is 71.2 Å². The van der Waals surface area contributed by atoms with Crippen molar-refractivity contribution in [1.82, 2.24) is 19.9 Å². The first kappa shape index (κ1) is 16.6. The highest BCUT2D eigenvalue weighted by Crippen LogP contribution is 2.33. The van der Waals surface area contributed by atoms with Gasteiger partial charge in [0.15, 0.2) is 11.0 Å². The number of nitrogens with zero attached hydrogens (tertiary/aromatic N) is 2. The van der Waals surface area contributed by atoms with Crippen LogP contribution in [0.5, 0.6) is 0 Å². The molecular formula is C19H12FN5O2S. The number of benzene rings is 2. The van der Waals surface area contributed by atoms with Gasteiger partial charge in [-0.2, -0.15) is 0 Å². The minimum atomic E-state index is -1.55. The molecule has 1 atom stereocenters. The van der Waals surface area contributed by atoms with Crippen LogP contribution in [0.25, 0.3) is 32.6 Å². The third-order valence-corrected chi connectivity index (χ3v) is 5.57. The third kappa shape index (κ3) is 2.55. The summed E-state index contributed by atoms with van der Waals surface area (Å²) in [5.41, 5.74) is 0.838. The van der Waals surface area contributed by atoms with Gasteiger partial charge in [0.1, 0.15) is 5.82 Å². The van der Waals surface area contributed by atoms with E-state index in [4.69, 9.17) is 0 Å². The lowest BCUT2D eigenvalue weighted by molar-refractivity contribution is 0.630.